The van der Waals surface area contributed by atoms with Gasteiger partial charge in [-0.15, -0.1) is 0 Å². The summed E-state index contributed by atoms with van der Waals surface area (Å²) in [5.74, 6) is -1.77. The zero-order valence-corrected chi connectivity index (χ0v) is 35.8. The first-order chi connectivity index (χ1) is 26.6. The second-order valence-corrected chi connectivity index (χ2v) is 15.5. The molecule has 0 aliphatic rings. The summed E-state index contributed by atoms with van der Waals surface area (Å²) in [5, 5.41) is 11.6. The third-order valence-electron chi connectivity index (χ3n) is 9.39. The molecule has 0 bridgehead atoms. The molecule has 0 saturated carbocycles. The zero-order valence-electron chi connectivity index (χ0n) is 35.8. The maximum absolute atomic E-state index is 12.7. The maximum Gasteiger partial charge on any atom is 0.306 e. The number of carbonyl (C=O) groups is 3. The number of carboxylic acid groups (broad SMARTS) is 1. The topological polar surface area (TPSA) is 102 Å². The summed E-state index contributed by atoms with van der Waals surface area (Å²) >= 11 is 0. The van der Waals surface area contributed by atoms with Gasteiger partial charge in [0.2, 0.25) is 0 Å². The number of rotatable bonds is 38. The van der Waals surface area contributed by atoms with Crippen LogP contribution in [0.25, 0.3) is 0 Å². The van der Waals surface area contributed by atoms with Crippen molar-refractivity contribution in [1.29, 1.82) is 0 Å². The van der Waals surface area contributed by atoms with Crippen LogP contribution in [0.3, 0.4) is 0 Å². The van der Waals surface area contributed by atoms with Gasteiger partial charge in [-0.05, 0) is 77.0 Å². The molecule has 0 amide bonds. The third kappa shape index (κ3) is 36.4. The number of hydrogen-bond acceptors (Lipinski definition) is 7. The van der Waals surface area contributed by atoms with Gasteiger partial charge in [0.15, 0.2) is 6.10 Å². The molecule has 316 valence electrons. The lowest BCUT2D eigenvalue weighted by Gasteiger charge is -2.34. The highest BCUT2D eigenvalue weighted by atomic mass is 16.6. The highest BCUT2D eigenvalue weighted by Crippen LogP contribution is 2.13. The molecule has 2 atom stereocenters. The van der Waals surface area contributed by atoms with E-state index in [9.17, 15) is 19.5 Å². The molecule has 0 radical (unpaired) electrons. The number of ether oxygens (including phenoxy) is 3. The highest BCUT2D eigenvalue weighted by Gasteiger charge is 2.25. The van der Waals surface area contributed by atoms with Gasteiger partial charge in [-0.25, -0.2) is 0 Å². The summed E-state index contributed by atoms with van der Waals surface area (Å²) < 4.78 is 17.1. The van der Waals surface area contributed by atoms with Crippen molar-refractivity contribution in [1.82, 2.24) is 0 Å². The number of nitrogens with zero attached hydrogens (tertiary/aromatic N) is 1. The fourth-order valence-electron chi connectivity index (χ4n) is 6.00. The van der Waals surface area contributed by atoms with Crippen LogP contribution in [0.2, 0.25) is 0 Å². The van der Waals surface area contributed by atoms with Crippen LogP contribution in [-0.4, -0.2) is 75.5 Å². The molecule has 8 nitrogen and oxygen atoms in total. The summed E-state index contributed by atoms with van der Waals surface area (Å²) in [4.78, 5) is 36.8. The van der Waals surface area contributed by atoms with Crippen LogP contribution in [0.1, 0.15) is 168 Å². The molecular weight excluding hydrogens is 691 g/mol. The first-order valence-corrected chi connectivity index (χ1v) is 21.8. The van der Waals surface area contributed by atoms with E-state index in [1.165, 1.54) is 44.9 Å². The van der Waals surface area contributed by atoms with E-state index in [0.29, 0.717) is 12.8 Å². The monoisotopic (exact) mass is 772 g/mol. The standard InChI is InChI=1S/C47H81NO7/c1-6-8-10-12-14-16-18-20-21-22-23-24-25-26-28-30-32-34-36-38-46(50)55-43(41-53-40-39-44(47(51)52)48(3,4)5)42-54-45(49)37-35-33-31-29-27-19-17-15-13-11-9-7-2/h8,10,14-17,20-21,23-24,43-44H,6-7,9,11-13,18-19,22,25-42H2,1-5H3/b10-8-,16-14-,17-15-,21-20-,24-23-. The van der Waals surface area contributed by atoms with Gasteiger partial charge in [-0.2, -0.15) is 0 Å². The summed E-state index contributed by atoms with van der Waals surface area (Å²) in [6, 6.07) is -0.731. The molecule has 0 aromatic rings. The van der Waals surface area contributed by atoms with E-state index in [4.69, 9.17) is 14.2 Å². The van der Waals surface area contributed by atoms with E-state index in [2.05, 4.69) is 74.6 Å². The first kappa shape index (κ1) is 52.0. The van der Waals surface area contributed by atoms with Crippen molar-refractivity contribution in [2.24, 2.45) is 0 Å². The lowest BCUT2D eigenvalue weighted by molar-refractivity contribution is -0.889. The predicted octanol–water partition coefficient (Wildman–Crippen LogP) is 10.5. The number of hydrogen-bond donors (Lipinski definition) is 0. The van der Waals surface area contributed by atoms with Gasteiger partial charge in [0.05, 0.1) is 40.3 Å². The highest BCUT2D eigenvalue weighted by molar-refractivity contribution is 5.70. The Morgan fingerprint density at radius 3 is 1.53 bits per heavy atom. The minimum Gasteiger partial charge on any atom is -0.544 e. The van der Waals surface area contributed by atoms with Crippen molar-refractivity contribution >= 4 is 17.9 Å². The number of carbonyl (C=O) groups excluding carboxylic acids is 3. The van der Waals surface area contributed by atoms with E-state index in [0.717, 1.165) is 89.9 Å². The minimum atomic E-state index is -1.13. The second-order valence-electron chi connectivity index (χ2n) is 15.5. The Balaban J connectivity index is 4.38. The largest absolute Gasteiger partial charge is 0.544 e. The van der Waals surface area contributed by atoms with E-state index in [1.54, 1.807) is 21.1 Å². The summed E-state index contributed by atoms with van der Waals surface area (Å²) in [6.07, 6.45) is 45.2. The van der Waals surface area contributed by atoms with Crippen molar-refractivity contribution in [2.45, 2.75) is 180 Å². The predicted molar refractivity (Wildman–Crippen MR) is 226 cm³/mol. The Morgan fingerprint density at radius 1 is 0.564 bits per heavy atom. The van der Waals surface area contributed by atoms with Crippen LogP contribution in [0.15, 0.2) is 60.8 Å². The number of likely N-dealkylation sites (N-methyl/N-ethyl adjacent to an activating group) is 1. The molecule has 8 heteroatoms. The van der Waals surface area contributed by atoms with Gasteiger partial charge in [0, 0.05) is 19.3 Å². The number of carboxylic acids is 1. The van der Waals surface area contributed by atoms with Crippen LogP contribution in [0.5, 0.6) is 0 Å². The van der Waals surface area contributed by atoms with Crippen molar-refractivity contribution in [2.75, 3.05) is 41.0 Å². The first-order valence-electron chi connectivity index (χ1n) is 21.8. The summed E-state index contributed by atoms with van der Waals surface area (Å²) in [5.41, 5.74) is 0. The molecule has 0 saturated heterocycles. The minimum absolute atomic E-state index is 0.0300. The smallest absolute Gasteiger partial charge is 0.306 e. The maximum atomic E-state index is 12.7. The second kappa shape index (κ2) is 37.9. The van der Waals surface area contributed by atoms with Gasteiger partial charge in [-0.3, -0.25) is 9.59 Å². The van der Waals surface area contributed by atoms with Crippen LogP contribution in [0, 0.1) is 0 Å². The Labute approximate surface area is 337 Å². The molecule has 0 aromatic carbocycles. The average Bonchev–Trinajstić information content (AvgIpc) is 3.14. The SMILES string of the molecule is CC/C=C\C/C=C\C/C=C\C/C=C\CCCCCCCCC(=O)OC(COCCC(C(=O)[O-])[N+](C)(C)C)COC(=O)CCCCCCC/C=C\CCCCC. The molecule has 0 aromatic heterocycles. The molecule has 0 spiro atoms. The van der Waals surface area contributed by atoms with Crippen LogP contribution >= 0.6 is 0 Å². The molecule has 0 aliphatic carbocycles. The number of esters is 2. The van der Waals surface area contributed by atoms with E-state index < -0.39 is 18.1 Å². The summed E-state index contributed by atoms with van der Waals surface area (Å²) in [7, 11) is 5.39. The van der Waals surface area contributed by atoms with Gasteiger partial charge in [0.25, 0.3) is 0 Å². The van der Waals surface area contributed by atoms with Gasteiger partial charge in [0.1, 0.15) is 12.6 Å². The number of allylic oxidation sites excluding steroid dienone is 10. The number of quaternary nitrogens is 1. The van der Waals surface area contributed by atoms with Crippen LogP contribution in [-0.2, 0) is 28.6 Å². The molecule has 0 fully saturated rings. The van der Waals surface area contributed by atoms with E-state index in [-0.39, 0.29) is 42.7 Å². The van der Waals surface area contributed by atoms with Crippen molar-refractivity contribution in [3.8, 4) is 0 Å². The normalized spacial score (nSPS) is 13.5. The van der Waals surface area contributed by atoms with E-state index in [1.807, 2.05) is 0 Å². The molecule has 55 heavy (non-hydrogen) atoms. The fraction of sp³-hybridized carbons (Fsp3) is 0.723. The Kier molecular flexibility index (Phi) is 35.9. The Bertz CT molecular complexity index is 1090. The molecular formula is C47H81NO7. The van der Waals surface area contributed by atoms with Gasteiger partial charge < -0.3 is 28.6 Å². The van der Waals surface area contributed by atoms with E-state index >= 15 is 0 Å². The van der Waals surface area contributed by atoms with Crippen molar-refractivity contribution < 1.29 is 38.2 Å². The molecule has 0 rings (SSSR count). The van der Waals surface area contributed by atoms with Crippen LogP contribution in [0.4, 0.5) is 0 Å². The lowest BCUT2D eigenvalue weighted by atomic mass is 10.1. The average molecular weight is 772 g/mol. The third-order valence-corrected chi connectivity index (χ3v) is 9.39. The van der Waals surface area contributed by atoms with Crippen molar-refractivity contribution in [3.63, 3.8) is 0 Å². The molecule has 0 N–H and O–H groups in total. The fourth-order valence-corrected chi connectivity index (χ4v) is 6.00. The Hall–Kier alpha value is -2.97. The van der Waals surface area contributed by atoms with Gasteiger partial charge in [-0.1, -0.05) is 132 Å². The van der Waals surface area contributed by atoms with Crippen molar-refractivity contribution in [3.05, 3.63) is 60.8 Å². The van der Waals surface area contributed by atoms with Crippen LogP contribution < -0.4 is 5.11 Å². The Morgan fingerprint density at radius 2 is 1.02 bits per heavy atom. The zero-order chi connectivity index (χ0) is 40.7. The lowest BCUT2D eigenvalue weighted by Crippen LogP contribution is -2.55. The van der Waals surface area contributed by atoms with Gasteiger partial charge >= 0.3 is 11.9 Å². The molecule has 2 unspecified atom stereocenters. The number of unbranched alkanes of at least 4 members (excludes halogenated alkanes) is 14. The molecule has 0 aliphatic heterocycles. The summed E-state index contributed by atoms with van der Waals surface area (Å²) in [6.45, 7) is 4.49. The molecule has 0 heterocycles. The number of aliphatic carboxylic acids is 1. The quantitative estimate of drug-likeness (QED) is 0.0266.